The summed E-state index contributed by atoms with van der Waals surface area (Å²) in [4.78, 5) is 16.2. The molecule has 33 heavy (non-hydrogen) atoms. The molecule has 3 N–H and O–H groups in total. The van der Waals surface area contributed by atoms with E-state index >= 15 is 0 Å². The molecule has 0 radical (unpaired) electrons. The molecule has 10 nitrogen and oxygen atoms in total. The van der Waals surface area contributed by atoms with Gasteiger partial charge in [0.1, 0.15) is 15.7 Å². The molecular weight excluding hydrogens is 475 g/mol. The Balaban J connectivity index is 1.44. The van der Waals surface area contributed by atoms with Crippen molar-refractivity contribution >= 4 is 33.7 Å². The van der Waals surface area contributed by atoms with Crippen LogP contribution in [0, 0.1) is 10.8 Å². The van der Waals surface area contributed by atoms with Gasteiger partial charge in [-0.15, -0.1) is 5.10 Å². The van der Waals surface area contributed by atoms with Crippen LogP contribution in [-0.2, 0) is 10.0 Å². The molecule has 0 unspecified atom stereocenters. The van der Waals surface area contributed by atoms with E-state index in [1.54, 1.807) is 12.3 Å². The third kappa shape index (κ3) is 4.32. The minimum Gasteiger partial charge on any atom is -0.476 e. The molecule has 0 aliphatic heterocycles. The van der Waals surface area contributed by atoms with Gasteiger partial charge in [0.05, 0.1) is 12.2 Å². The Morgan fingerprint density at radius 2 is 2.06 bits per heavy atom. The van der Waals surface area contributed by atoms with E-state index in [1.165, 1.54) is 30.8 Å². The van der Waals surface area contributed by atoms with Gasteiger partial charge in [-0.3, -0.25) is 4.79 Å². The number of nitrogens with zero attached hydrogens (tertiary/aromatic N) is 3. The van der Waals surface area contributed by atoms with Crippen molar-refractivity contribution in [3.63, 3.8) is 0 Å². The molecule has 3 aliphatic rings. The molecule has 3 fully saturated rings. The van der Waals surface area contributed by atoms with Crippen molar-refractivity contribution in [1.82, 2.24) is 24.8 Å². The summed E-state index contributed by atoms with van der Waals surface area (Å²) in [6, 6.07) is 4.40. The lowest BCUT2D eigenvalue weighted by atomic mass is 9.43. The summed E-state index contributed by atoms with van der Waals surface area (Å²) in [5.41, 5.74) is -1.03. The lowest BCUT2D eigenvalue weighted by molar-refractivity contribution is -0.226. The zero-order valence-electron chi connectivity index (χ0n) is 17.9. The maximum Gasteiger partial charge on any atom is 0.268 e. The van der Waals surface area contributed by atoms with Crippen molar-refractivity contribution in [3.05, 3.63) is 45.7 Å². The topological polar surface area (TPSA) is 139 Å². The van der Waals surface area contributed by atoms with Crippen molar-refractivity contribution in [2.24, 2.45) is 5.41 Å². The molecule has 2 bridgehead atoms. The molecule has 3 saturated carbocycles. The summed E-state index contributed by atoms with van der Waals surface area (Å²) in [7, 11) is -2.80. The van der Waals surface area contributed by atoms with Gasteiger partial charge in [-0.25, -0.2) is 27.2 Å². The second kappa shape index (κ2) is 8.10. The number of amides is 1. The number of pyridine rings is 1. The van der Waals surface area contributed by atoms with E-state index in [2.05, 4.69) is 15.4 Å². The fourth-order valence-electron chi connectivity index (χ4n) is 4.22. The van der Waals surface area contributed by atoms with Crippen LogP contribution < -0.4 is 14.8 Å². The second-order valence-corrected chi connectivity index (χ2v) is 10.4. The molecule has 2 aromatic rings. The van der Waals surface area contributed by atoms with Crippen LogP contribution in [0.2, 0.25) is 5.15 Å². The standard InChI is InChI=1S/C20H22ClFN6O4S/c1-12(24-2)14(7-23)33(30,31)27-18(29)13-3-4-15(25-17(13)21)28-6-5-16(26-28)32-11-19-8-20(22,9-19)10-19/h3-7,23-24H,8-11H2,1-2H3,(H,27,29)/b14-12+,23-7?. The smallest absolute Gasteiger partial charge is 0.268 e. The lowest BCUT2D eigenvalue weighted by Gasteiger charge is -2.65. The summed E-state index contributed by atoms with van der Waals surface area (Å²) in [5, 5.41) is 14.0. The van der Waals surface area contributed by atoms with E-state index in [0.29, 0.717) is 38.0 Å². The fraction of sp³-hybridized carbons (Fsp3) is 0.400. The number of carbonyl (C=O) groups excluding carboxylic acids is 1. The summed E-state index contributed by atoms with van der Waals surface area (Å²) >= 11 is 6.14. The maximum atomic E-state index is 13.6. The normalized spacial score (nSPS) is 24.1. The number of alkyl halides is 1. The number of halogens is 2. The van der Waals surface area contributed by atoms with E-state index in [1.807, 2.05) is 4.72 Å². The first kappa shape index (κ1) is 23.2. The summed E-state index contributed by atoms with van der Waals surface area (Å²) in [6.45, 7) is 1.86. The largest absolute Gasteiger partial charge is 0.476 e. The van der Waals surface area contributed by atoms with Crippen LogP contribution >= 0.6 is 11.6 Å². The Kier molecular flexibility index (Phi) is 5.69. The van der Waals surface area contributed by atoms with Crippen LogP contribution in [0.3, 0.4) is 0 Å². The molecule has 0 atom stereocenters. The average Bonchev–Trinajstić information content (AvgIpc) is 3.18. The van der Waals surface area contributed by atoms with Gasteiger partial charge >= 0.3 is 0 Å². The Morgan fingerprint density at radius 1 is 1.36 bits per heavy atom. The van der Waals surface area contributed by atoms with Gasteiger partial charge in [0.25, 0.3) is 15.9 Å². The highest BCUT2D eigenvalue weighted by molar-refractivity contribution is 7.94. The van der Waals surface area contributed by atoms with Crippen molar-refractivity contribution < 1.29 is 22.3 Å². The van der Waals surface area contributed by atoms with Gasteiger partial charge < -0.3 is 15.5 Å². The Bertz CT molecular complexity index is 1260. The number of allylic oxidation sites excluding steroid dienone is 2. The van der Waals surface area contributed by atoms with E-state index in [9.17, 15) is 17.6 Å². The van der Waals surface area contributed by atoms with Crippen LogP contribution in [0.25, 0.3) is 5.82 Å². The zero-order valence-corrected chi connectivity index (χ0v) is 19.4. The highest BCUT2D eigenvalue weighted by atomic mass is 35.5. The summed E-state index contributed by atoms with van der Waals surface area (Å²) < 4.78 is 47.5. The van der Waals surface area contributed by atoms with Crippen molar-refractivity contribution in [2.75, 3.05) is 13.7 Å². The third-order valence-electron chi connectivity index (χ3n) is 5.87. The Labute approximate surface area is 194 Å². The number of sulfonamides is 1. The monoisotopic (exact) mass is 496 g/mol. The van der Waals surface area contributed by atoms with E-state index in [-0.39, 0.29) is 32.6 Å². The minimum atomic E-state index is -4.29. The molecule has 2 heterocycles. The molecular formula is C20H22ClFN6O4S. The molecule has 0 saturated heterocycles. The zero-order chi connectivity index (χ0) is 24.0. The highest BCUT2D eigenvalue weighted by Gasteiger charge is 2.69. The van der Waals surface area contributed by atoms with Gasteiger partial charge in [-0.2, -0.15) is 0 Å². The first-order valence-electron chi connectivity index (χ1n) is 10.0. The molecule has 176 valence electrons. The number of ether oxygens (including phenoxy) is 1. The van der Waals surface area contributed by atoms with Crippen LogP contribution in [0.15, 0.2) is 35.0 Å². The van der Waals surface area contributed by atoms with Crippen LogP contribution in [0.4, 0.5) is 4.39 Å². The first-order chi connectivity index (χ1) is 15.5. The number of aromatic nitrogens is 3. The van der Waals surface area contributed by atoms with E-state index in [0.717, 1.165) is 0 Å². The number of hydrogen-bond acceptors (Lipinski definition) is 8. The van der Waals surface area contributed by atoms with E-state index in [4.69, 9.17) is 21.7 Å². The van der Waals surface area contributed by atoms with Crippen LogP contribution in [-0.4, -0.2) is 54.6 Å². The molecule has 1 amide bonds. The quantitative estimate of drug-likeness (QED) is 0.357. The van der Waals surface area contributed by atoms with Crippen LogP contribution in [0.5, 0.6) is 5.88 Å². The van der Waals surface area contributed by atoms with Gasteiger partial charge in [0.15, 0.2) is 5.82 Å². The number of carbonyl (C=O) groups is 1. The predicted octanol–water partition coefficient (Wildman–Crippen LogP) is 2.35. The average molecular weight is 497 g/mol. The summed E-state index contributed by atoms with van der Waals surface area (Å²) in [6.07, 6.45) is 3.82. The maximum absolute atomic E-state index is 13.6. The molecule has 2 aromatic heterocycles. The van der Waals surface area contributed by atoms with Crippen molar-refractivity contribution in [3.8, 4) is 11.7 Å². The summed E-state index contributed by atoms with van der Waals surface area (Å²) in [5.74, 6) is -0.353. The first-order valence-corrected chi connectivity index (χ1v) is 11.9. The van der Waals surface area contributed by atoms with Gasteiger partial charge in [-0.05, 0) is 38.3 Å². The van der Waals surface area contributed by atoms with Crippen LogP contribution in [0.1, 0.15) is 36.5 Å². The lowest BCUT2D eigenvalue weighted by Crippen LogP contribution is -2.66. The molecule has 3 aliphatic carbocycles. The second-order valence-electron chi connectivity index (χ2n) is 8.39. The third-order valence-corrected chi connectivity index (χ3v) is 7.62. The van der Waals surface area contributed by atoms with E-state index < -0.39 is 21.6 Å². The molecule has 5 rings (SSSR count). The highest BCUT2D eigenvalue weighted by Crippen LogP contribution is 2.69. The number of rotatable bonds is 9. The molecule has 0 spiro atoms. The van der Waals surface area contributed by atoms with Crippen molar-refractivity contribution in [2.45, 2.75) is 31.9 Å². The molecule has 0 aromatic carbocycles. The van der Waals surface area contributed by atoms with Crippen molar-refractivity contribution in [1.29, 1.82) is 5.41 Å². The number of hydrogen-bond donors (Lipinski definition) is 3. The van der Waals surface area contributed by atoms with Gasteiger partial charge in [0, 0.05) is 36.6 Å². The molecule has 13 heteroatoms. The SMILES string of the molecule is CN/C(C)=C(\C=N)S(=O)(=O)NC(=O)c1ccc(-n2ccc(OCC34CC(F)(C3)C4)n2)nc1Cl. The minimum absolute atomic E-state index is 0.0755. The van der Waals surface area contributed by atoms with Gasteiger partial charge in [-0.1, -0.05) is 11.6 Å². The Morgan fingerprint density at radius 3 is 2.64 bits per heavy atom. The van der Waals surface area contributed by atoms with Gasteiger partial charge in [0.2, 0.25) is 5.88 Å². The Hall–Kier alpha value is -2.99. The fourth-order valence-corrected chi connectivity index (χ4v) is 5.58. The number of nitrogens with one attached hydrogen (secondary N) is 3. The predicted molar refractivity (Wildman–Crippen MR) is 119 cm³/mol.